The van der Waals surface area contributed by atoms with Crippen molar-refractivity contribution in [1.82, 2.24) is 29.5 Å². The van der Waals surface area contributed by atoms with E-state index in [0.29, 0.717) is 13.2 Å². The number of halogens is 1. The molecule has 0 radical (unpaired) electrons. The molecule has 0 aromatic carbocycles. The van der Waals surface area contributed by atoms with Crippen molar-refractivity contribution in [1.29, 1.82) is 0 Å². The summed E-state index contributed by atoms with van der Waals surface area (Å²) in [6.45, 7) is 2.06. The summed E-state index contributed by atoms with van der Waals surface area (Å²) in [5.41, 5.74) is 2.94. The Morgan fingerprint density at radius 2 is 1.81 bits per heavy atom. The summed E-state index contributed by atoms with van der Waals surface area (Å²) in [6.07, 6.45) is 9.64. The number of nitrogens with zero attached hydrogens (tertiary/aromatic N) is 5. The summed E-state index contributed by atoms with van der Waals surface area (Å²) in [5, 5.41) is 0. The third-order valence-corrected chi connectivity index (χ3v) is 3.94. The molecule has 1 aliphatic carbocycles. The monoisotopic (exact) mass is 352 g/mol. The summed E-state index contributed by atoms with van der Waals surface area (Å²) < 4.78 is 11.8. The molecule has 1 fully saturated rings. The van der Waals surface area contributed by atoms with Crippen LogP contribution in [0.15, 0.2) is 55.1 Å². The average Bonchev–Trinajstić information content (AvgIpc) is 3.26. The van der Waals surface area contributed by atoms with Gasteiger partial charge in [-0.2, -0.15) is 0 Å². The standard InChI is InChI=1S/C10H11N3.C8H7N3.CH3F/c1-7-12-9-3-2-6-11-10(9)13(7)8-4-5-8;1-2-4-9-7(3-1)8-10-5-6-11-8;1-2/h2-3,6,8H,4-5H2,1H3;1-6H,(H,10,11);1H3. The minimum absolute atomic E-state index is 0.500. The van der Waals surface area contributed by atoms with Crippen LogP contribution in [0.4, 0.5) is 4.39 Å². The maximum atomic E-state index is 9.50. The van der Waals surface area contributed by atoms with Crippen molar-refractivity contribution in [2.45, 2.75) is 25.8 Å². The van der Waals surface area contributed by atoms with Gasteiger partial charge >= 0.3 is 0 Å². The first-order valence-electron chi connectivity index (χ1n) is 8.41. The van der Waals surface area contributed by atoms with E-state index in [1.54, 1.807) is 18.6 Å². The van der Waals surface area contributed by atoms with E-state index in [1.807, 2.05) is 36.5 Å². The number of aryl methyl sites for hydroxylation is 1. The normalized spacial score (nSPS) is 12.7. The number of aromatic nitrogens is 6. The first-order valence-corrected chi connectivity index (χ1v) is 8.41. The Kier molecular flexibility index (Phi) is 5.68. The maximum Gasteiger partial charge on any atom is 0.160 e. The predicted molar refractivity (Wildman–Crippen MR) is 99.4 cm³/mol. The molecule has 1 N–H and O–H groups in total. The first kappa shape index (κ1) is 17.7. The lowest BCUT2D eigenvalue weighted by Crippen LogP contribution is -1.97. The fraction of sp³-hybridized carbons (Fsp3) is 0.263. The summed E-state index contributed by atoms with van der Waals surface area (Å²) >= 11 is 0. The van der Waals surface area contributed by atoms with Crippen molar-refractivity contribution in [3.8, 4) is 11.5 Å². The molecule has 134 valence electrons. The smallest absolute Gasteiger partial charge is 0.160 e. The number of hydrogen-bond donors (Lipinski definition) is 1. The molecule has 0 spiro atoms. The maximum absolute atomic E-state index is 9.50. The molecule has 0 atom stereocenters. The number of imidazole rings is 2. The van der Waals surface area contributed by atoms with Gasteiger partial charge in [-0.15, -0.1) is 0 Å². The Hall–Kier alpha value is -3.09. The molecule has 1 aliphatic rings. The summed E-state index contributed by atoms with van der Waals surface area (Å²) in [5.74, 6) is 1.90. The van der Waals surface area contributed by atoms with Crippen LogP contribution in [0.3, 0.4) is 0 Å². The van der Waals surface area contributed by atoms with Crippen molar-refractivity contribution < 1.29 is 4.39 Å². The Morgan fingerprint density at radius 1 is 1.00 bits per heavy atom. The highest BCUT2D eigenvalue weighted by Gasteiger charge is 2.27. The molecule has 4 heterocycles. The van der Waals surface area contributed by atoms with E-state index < -0.39 is 0 Å². The minimum atomic E-state index is 0.500. The molecule has 4 aromatic rings. The van der Waals surface area contributed by atoms with Crippen molar-refractivity contribution in [2.24, 2.45) is 0 Å². The van der Waals surface area contributed by atoms with Crippen LogP contribution >= 0.6 is 0 Å². The highest BCUT2D eigenvalue weighted by atomic mass is 19.1. The zero-order valence-corrected chi connectivity index (χ0v) is 14.8. The predicted octanol–water partition coefficient (Wildman–Crippen LogP) is 4.13. The van der Waals surface area contributed by atoms with Gasteiger partial charge in [-0.05, 0) is 44.0 Å². The van der Waals surface area contributed by atoms with Gasteiger partial charge in [-0.3, -0.25) is 9.37 Å². The van der Waals surface area contributed by atoms with Gasteiger partial charge < -0.3 is 9.55 Å². The quantitative estimate of drug-likeness (QED) is 0.589. The molecule has 1 saturated carbocycles. The lowest BCUT2D eigenvalue weighted by molar-refractivity contribution is 0.636. The Morgan fingerprint density at radius 3 is 2.46 bits per heavy atom. The van der Waals surface area contributed by atoms with Gasteiger partial charge in [0, 0.05) is 30.8 Å². The molecule has 4 aromatic heterocycles. The zero-order chi connectivity index (χ0) is 18.4. The summed E-state index contributed by atoms with van der Waals surface area (Å²) in [4.78, 5) is 20.0. The molecule has 26 heavy (non-hydrogen) atoms. The fourth-order valence-electron chi connectivity index (χ4n) is 2.72. The molecule has 0 amide bonds. The number of alkyl halides is 1. The number of aromatic amines is 1. The summed E-state index contributed by atoms with van der Waals surface area (Å²) in [7, 11) is 0.500. The van der Waals surface area contributed by atoms with Crippen LogP contribution < -0.4 is 0 Å². The van der Waals surface area contributed by atoms with Crippen LogP contribution in [-0.4, -0.2) is 36.7 Å². The van der Waals surface area contributed by atoms with Crippen molar-refractivity contribution in [3.05, 3.63) is 60.9 Å². The molecule has 6 nitrogen and oxygen atoms in total. The molecule has 5 rings (SSSR count). The van der Waals surface area contributed by atoms with Crippen LogP contribution in [0.1, 0.15) is 24.7 Å². The molecule has 0 bridgehead atoms. The van der Waals surface area contributed by atoms with Gasteiger partial charge in [0.1, 0.15) is 17.0 Å². The van der Waals surface area contributed by atoms with Crippen LogP contribution in [0.25, 0.3) is 22.7 Å². The largest absolute Gasteiger partial charge is 0.343 e. The van der Waals surface area contributed by atoms with Gasteiger partial charge in [-0.25, -0.2) is 15.0 Å². The van der Waals surface area contributed by atoms with Crippen LogP contribution in [0, 0.1) is 6.92 Å². The van der Waals surface area contributed by atoms with E-state index >= 15 is 0 Å². The fourth-order valence-corrected chi connectivity index (χ4v) is 2.72. The van der Waals surface area contributed by atoms with Crippen molar-refractivity contribution in [2.75, 3.05) is 7.18 Å². The van der Waals surface area contributed by atoms with E-state index in [0.717, 1.165) is 28.5 Å². The number of rotatable bonds is 2. The molecular formula is C19H21FN6. The van der Waals surface area contributed by atoms with Crippen LogP contribution in [0.5, 0.6) is 0 Å². The second-order valence-electron chi connectivity index (χ2n) is 5.76. The van der Waals surface area contributed by atoms with Crippen molar-refractivity contribution >= 4 is 11.2 Å². The zero-order valence-electron chi connectivity index (χ0n) is 14.8. The van der Waals surface area contributed by atoms with E-state index in [-0.39, 0.29) is 0 Å². The number of pyridine rings is 2. The molecule has 7 heteroatoms. The molecular weight excluding hydrogens is 331 g/mol. The number of nitrogens with one attached hydrogen (secondary N) is 1. The molecule has 0 unspecified atom stereocenters. The second kappa shape index (κ2) is 8.33. The second-order valence-corrected chi connectivity index (χ2v) is 5.76. The lowest BCUT2D eigenvalue weighted by atomic mass is 10.3. The third-order valence-electron chi connectivity index (χ3n) is 3.94. The van der Waals surface area contributed by atoms with Gasteiger partial charge in [0.25, 0.3) is 0 Å². The summed E-state index contributed by atoms with van der Waals surface area (Å²) in [6, 6.07) is 10.4. The number of H-pyrrole nitrogens is 1. The van der Waals surface area contributed by atoms with E-state index in [2.05, 4.69) is 36.4 Å². The number of hydrogen-bond acceptors (Lipinski definition) is 4. The Bertz CT molecular complexity index is 929. The van der Waals surface area contributed by atoms with Gasteiger partial charge in [0.05, 0.1) is 7.18 Å². The third kappa shape index (κ3) is 3.93. The van der Waals surface area contributed by atoms with E-state index in [1.165, 1.54) is 12.8 Å². The van der Waals surface area contributed by atoms with Crippen LogP contribution in [0.2, 0.25) is 0 Å². The highest BCUT2D eigenvalue weighted by molar-refractivity contribution is 5.71. The Balaban J connectivity index is 0.000000140. The average molecular weight is 352 g/mol. The van der Waals surface area contributed by atoms with Crippen molar-refractivity contribution in [3.63, 3.8) is 0 Å². The lowest BCUT2D eigenvalue weighted by Gasteiger charge is -2.01. The van der Waals surface area contributed by atoms with Gasteiger partial charge in [0.2, 0.25) is 0 Å². The Labute approximate surface area is 151 Å². The first-order chi connectivity index (χ1) is 12.8. The van der Waals surface area contributed by atoms with Gasteiger partial charge in [-0.1, -0.05) is 6.07 Å². The highest BCUT2D eigenvalue weighted by Crippen LogP contribution is 2.37. The SMILES string of the molecule is CF.Cc1nc2cccnc2n1C1CC1.c1ccc(-c2ncc[nH]2)nc1. The molecule has 0 saturated heterocycles. The van der Waals surface area contributed by atoms with Gasteiger partial charge in [0.15, 0.2) is 11.5 Å². The topological polar surface area (TPSA) is 72.3 Å². The number of fused-ring (bicyclic) bond motifs is 1. The van der Waals surface area contributed by atoms with Crippen LogP contribution in [-0.2, 0) is 0 Å². The van der Waals surface area contributed by atoms with E-state index in [9.17, 15) is 4.39 Å². The molecule has 0 aliphatic heterocycles. The van der Waals surface area contributed by atoms with E-state index in [4.69, 9.17) is 0 Å². The minimum Gasteiger partial charge on any atom is -0.343 e.